The van der Waals surface area contributed by atoms with Crippen LogP contribution in [0.5, 0.6) is 0 Å². The molecule has 0 unspecified atom stereocenters. The standard InChI is InChI=1S/C7H9N3S/c1-5(2)7-6(3-4-8)11-10-9-7/h5H,3H2,1-2H3. The molecule has 0 amide bonds. The van der Waals surface area contributed by atoms with Crippen LogP contribution in [0, 0.1) is 11.3 Å². The first kappa shape index (κ1) is 8.15. The fourth-order valence-electron chi connectivity index (χ4n) is 0.848. The second-order valence-electron chi connectivity index (χ2n) is 2.57. The van der Waals surface area contributed by atoms with Gasteiger partial charge in [0.2, 0.25) is 0 Å². The summed E-state index contributed by atoms with van der Waals surface area (Å²) >= 11 is 1.32. The van der Waals surface area contributed by atoms with Crippen LogP contribution in [0.3, 0.4) is 0 Å². The molecule has 1 rings (SSSR count). The minimum Gasteiger partial charge on any atom is -0.198 e. The highest BCUT2D eigenvalue weighted by Crippen LogP contribution is 2.19. The molecule has 0 saturated carbocycles. The lowest BCUT2D eigenvalue weighted by Gasteiger charge is -1.98. The van der Waals surface area contributed by atoms with Gasteiger partial charge in [0.05, 0.1) is 23.1 Å². The third-order valence-corrected chi connectivity index (χ3v) is 2.11. The van der Waals surface area contributed by atoms with E-state index in [-0.39, 0.29) is 0 Å². The topological polar surface area (TPSA) is 49.6 Å². The van der Waals surface area contributed by atoms with E-state index in [1.807, 2.05) is 0 Å². The average Bonchev–Trinajstić information content (AvgIpc) is 2.36. The minimum atomic E-state index is 0.372. The molecule has 0 aliphatic carbocycles. The van der Waals surface area contributed by atoms with Gasteiger partial charge < -0.3 is 0 Å². The normalized spacial score (nSPS) is 10.0. The molecule has 0 radical (unpaired) electrons. The quantitative estimate of drug-likeness (QED) is 0.674. The molecule has 4 heteroatoms. The first-order valence-corrected chi connectivity index (χ1v) is 4.21. The summed E-state index contributed by atoms with van der Waals surface area (Å²) in [7, 11) is 0. The van der Waals surface area contributed by atoms with E-state index in [9.17, 15) is 0 Å². The lowest BCUT2D eigenvalue weighted by atomic mass is 10.1. The maximum atomic E-state index is 8.45. The molecule has 0 aliphatic rings. The van der Waals surface area contributed by atoms with Crippen molar-refractivity contribution in [3.8, 4) is 6.07 Å². The number of hydrogen-bond donors (Lipinski definition) is 0. The summed E-state index contributed by atoms with van der Waals surface area (Å²) < 4.78 is 3.80. The molecule has 58 valence electrons. The monoisotopic (exact) mass is 167 g/mol. The molecule has 1 aromatic heterocycles. The molecular weight excluding hydrogens is 158 g/mol. The summed E-state index contributed by atoms with van der Waals surface area (Å²) in [6.45, 7) is 4.11. The predicted molar refractivity (Wildman–Crippen MR) is 43.3 cm³/mol. The lowest BCUT2D eigenvalue weighted by molar-refractivity contribution is 0.801. The van der Waals surface area contributed by atoms with Gasteiger partial charge in [-0.3, -0.25) is 0 Å². The lowest BCUT2D eigenvalue weighted by Crippen LogP contribution is -1.92. The van der Waals surface area contributed by atoms with Crippen molar-refractivity contribution >= 4 is 11.5 Å². The molecule has 0 atom stereocenters. The van der Waals surface area contributed by atoms with E-state index >= 15 is 0 Å². The van der Waals surface area contributed by atoms with Crippen LogP contribution in [0.4, 0.5) is 0 Å². The summed E-state index contributed by atoms with van der Waals surface area (Å²) in [4.78, 5) is 1.00. The first-order chi connectivity index (χ1) is 5.25. The largest absolute Gasteiger partial charge is 0.198 e. The van der Waals surface area contributed by atoms with Gasteiger partial charge in [0, 0.05) is 0 Å². The Morgan fingerprint density at radius 3 is 2.91 bits per heavy atom. The van der Waals surface area contributed by atoms with Crippen LogP contribution in [0.15, 0.2) is 0 Å². The van der Waals surface area contributed by atoms with Gasteiger partial charge in [-0.05, 0) is 17.5 Å². The third-order valence-electron chi connectivity index (χ3n) is 1.37. The highest BCUT2D eigenvalue weighted by atomic mass is 32.1. The molecule has 0 aliphatic heterocycles. The number of hydrogen-bond acceptors (Lipinski definition) is 4. The van der Waals surface area contributed by atoms with E-state index in [0.29, 0.717) is 12.3 Å². The molecule has 1 heterocycles. The van der Waals surface area contributed by atoms with Crippen molar-refractivity contribution in [3.63, 3.8) is 0 Å². The van der Waals surface area contributed by atoms with Crippen molar-refractivity contribution in [2.45, 2.75) is 26.2 Å². The molecule has 0 bridgehead atoms. The van der Waals surface area contributed by atoms with Gasteiger partial charge in [-0.1, -0.05) is 18.3 Å². The zero-order valence-corrected chi connectivity index (χ0v) is 7.35. The SMILES string of the molecule is CC(C)c1nnsc1CC#N. The third kappa shape index (κ3) is 1.75. The Bertz CT molecular complexity index is 271. The Hall–Kier alpha value is -0.950. The highest BCUT2D eigenvalue weighted by Gasteiger charge is 2.10. The van der Waals surface area contributed by atoms with Crippen molar-refractivity contribution < 1.29 is 0 Å². The van der Waals surface area contributed by atoms with E-state index in [1.165, 1.54) is 11.5 Å². The van der Waals surface area contributed by atoms with Crippen molar-refractivity contribution in [2.24, 2.45) is 0 Å². The molecule has 3 nitrogen and oxygen atoms in total. The van der Waals surface area contributed by atoms with Gasteiger partial charge in [-0.2, -0.15) is 5.26 Å². The summed E-state index contributed by atoms with van der Waals surface area (Å²) in [5, 5.41) is 12.4. The number of aromatic nitrogens is 2. The van der Waals surface area contributed by atoms with Crippen LogP contribution in [0.2, 0.25) is 0 Å². The van der Waals surface area contributed by atoms with Gasteiger partial charge >= 0.3 is 0 Å². The maximum absolute atomic E-state index is 8.45. The zero-order chi connectivity index (χ0) is 8.27. The van der Waals surface area contributed by atoms with E-state index in [0.717, 1.165) is 10.6 Å². The van der Waals surface area contributed by atoms with Crippen LogP contribution in [-0.4, -0.2) is 9.59 Å². The van der Waals surface area contributed by atoms with E-state index in [1.54, 1.807) is 0 Å². The Balaban J connectivity index is 2.89. The summed E-state index contributed by atoms with van der Waals surface area (Å²) in [6.07, 6.45) is 0.436. The second kappa shape index (κ2) is 3.44. The Kier molecular flexibility index (Phi) is 2.55. The van der Waals surface area contributed by atoms with E-state index < -0.39 is 0 Å². The second-order valence-corrected chi connectivity index (χ2v) is 3.41. The molecule has 0 N–H and O–H groups in total. The molecule has 1 aromatic rings. The maximum Gasteiger partial charge on any atom is 0.0823 e. The van der Waals surface area contributed by atoms with Crippen LogP contribution >= 0.6 is 11.5 Å². The van der Waals surface area contributed by atoms with Gasteiger partial charge in [-0.15, -0.1) is 5.10 Å². The van der Waals surface area contributed by atoms with Crippen LogP contribution < -0.4 is 0 Å². The number of rotatable bonds is 2. The van der Waals surface area contributed by atoms with Gasteiger partial charge in [-0.25, -0.2) is 0 Å². The van der Waals surface area contributed by atoms with Crippen molar-refractivity contribution in [2.75, 3.05) is 0 Å². The van der Waals surface area contributed by atoms with Crippen molar-refractivity contribution in [3.05, 3.63) is 10.6 Å². The van der Waals surface area contributed by atoms with Crippen molar-refractivity contribution in [1.82, 2.24) is 9.59 Å². The summed E-state index contributed by atoms with van der Waals surface area (Å²) in [6, 6.07) is 2.10. The minimum absolute atomic E-state index is 0.372. The average molecular weight is 167 g/mol. The van der Waals surface area contributed by atoms with Crippen LogP contribution in [0.1, 0.15) is 30.3 Å². The summed E-state index contributed by atoms with van der Waals surface area (Å²) in [5.74, 6) is 0.372. The van der Waals surface area contributed by atoms with Gasteiger partial charge in [0.25, 0.3) is 0 Å². The van der Waals surface area contributed by atoms with Crippen LogP contribution in [-0.2, 0) is 6.42 Å². The van der Waals surface area contributed by atoms with Crippen LogP contribution in [0.25, 0.3) is 0 Å². The predicted octanol–water partition coefficient (Wildman–Crippen LogP) is 1.73. The van der Waals surface area contributed by atoms with E-state index in [4.69, 9.17) is 5.26 Å². The van der Waals surface area contributed by atoms with E-state index in [2.05, 4.69) is 29.5 Å². The smallest absolute Gasteiger partial charge is 0.0823 e. The fourth-order valence-corrected chi connectivity index (χ4v) is 1.57. The molecule has 11 heavy (non-hydrogen) atoms. The summed E-state index contributed by atoms with van der Waals surface area (Å²) in [5.41, 5.74) is 0.969. The molecule has 0 aromatic carbocycles. The molecular formula is C7H9N3S. The Labute approximate surface area is 69.8 Å². The van der Waals surface area contributed by atoms with Gasteiger partial charge in [0.1, 0.15) is 0 Å². The Morgan fingerprint density at radius 1 is 1.64 bits per heavy atom. The zero-order valence-electron chi connectivity index (χ0n) is 6.53. The number of nitrogens with zero attached hydrogens (tertiary/aromatic N) is 3. The first-order valence-electron chi connectivity index (χ1n) is 3.43. The molecule has 0 fully saturated rings. The fraction of sp³-hybridized carbons (Fsp3) is 0.571. The number of nitriles is 1. The molecule has 0 saturated heterocycles. The van der Waals surface area contributed by atoms with Gasteiger partial charge in [0.15, 0.2) is 0 Å². The molecule has 0 spiro atoms. The highest BCUT2D eigenvalue weighted by molar-refractivity contribution is 7.05. The van der Waals surface area contributed by atoms with Crippen molar-refractivity contribution in [1.29, 1.82) is 5.26 Å². The Morgan fingerprint density at radius 2 is 2.36 bits per heavy atom.